The molecular formula is C18H23N. The lowest BCUT2D eigenvalue weighted by atomic mass is 10.0. The van der Waals surface area contributed by atoms with Crippen LogP contribution in [-0.4, -0.2) is 6.04 Å². The highest BCUT2D eigenvalue weighted by Gasteiger charge is 2.08. The van der Waals surface area contributed by atoms with Crippen molar-refractivity contribution in [3.63, 3.8) is 0 Å². The molecule has 0 bridgehead atoms. The van der Waals surface area contributed by atoms with Gasteiger partial charge in [0.15, 0.2) is 0 Å². The Morgan fingerprint density at radius 3 is 2.00 bits per heavy atom. The molecule has 2 aromatic rings. The van der Waals surface area contributed by atoms with E-state index in [1.165, 1.54) is 16.7 Å². The lowest BCUT2D eigenvalue weighted by Crippen LogP contribution is -2.28. The predicted octanol–water partition coefficient (Wildman–Crippen LogP) is 4.80. The molecule has 0 aliphatic heterocycles. The van der Waals surface area contributed by atoms with Crippen LogP contribution in [0.3, 0.4) is 0 Å². The van der Waals surface area contributed by atoms with Gasteiger partial charge in [0.1, 0.15) is 0 Å². The van der Waals surface area contributed by atoms with Crippen LogP contribution in [0.15, 0.2) is 54.6 Å². The number of benzene rings is 2. The van der Waals surface area contributed by atoms with E-state index in [0.29, 0.717) is 12.1 Å². The van der Waals surface area contributed by atoms with Crippen molar-refractivity contribution < 1.29 is 0 Å². The van der Waals surface area contributed by atoms with Crippen LogP contribution in [0.4, 0.5) is 0 Å². The van der Waals surface area contributed by atoms with Crippen LogP contribution >= 0.6 is 0 Å². The van der Waals surface area contributed by atoms with Gasteiger partial charge < -0.3 is 5.32 Å². The van der Waals surface area contributed by atoms with E-state index in [2.05, 4.69) is 80.7 Å². The highest BCUT2D eigenvalue weighted by Crippen LogP contribution is 2.22. The summed E-state index contributed by atoms with van der Waals surface area (Å²) in [5.74, 6) is 0. The average molecular weight is 253 g/mol. The summed E-state index contributed by atoms with van der Waals surface area (Å²) in [4.78, 5) is 0. The Morgan fingerprint density at radius 1 is 0.842 bits per heavy atom. The molecule has 100 valence electrons. The first kappa shape index (κ1) is 13.8. The maximum absolute atomic E-state index is 3.61. The van der Waals surface area contributed by atoms with Crippen molar-refractivity contribution in [3.8, 4) is 11.1 Å². The summed E-state index contributed by atoms with van der Waals surface area (Å²) in [6, 6.07) is 20.3. The maximum atomic E-state index is 3.61. The molecule has 1 N–H and O–H groups in total. The minimum atomic E-state index is 0.403. The molecule has 2 atom stereocenters. The van der Waals surface area contributed by atoms with Crippen molar-refractivity contribution in [3.05, 3.63) is 60.2 Å². The second-order valence-electron chi connectivity index (χ2n) is 5.19. The molecule has 0 saturated heterocycles. The Hall–Kier alpha value is -1.60. The van der Waals surface area contributed by atoms with Gasteiger partial charge in [0.2, 0.25) is 0 Å². The average Bonchev–Trinajstić information content (AvgIpc) is 2.48. The van der Waals surface area contributed by atoms with Gasteiger partial charge in [0.05, 0.1) is 0 Å². The smallest absolute Gasteiger partial charge is 0.0294 e. The second-order valence-corrected chi connectivity index (χ2v) is 5.19. The van der Waals surface area contributed by atoms with Gasteiger partial charge in [-0.25, -0.2) is 0 Å². The molecule has 2 unspecified atom stereocenters. The molecule has 0 radical (unpaired) electrons. The first-order chi connectivity index (χ1) is 9.20. The van der Waals surface area contributed by atoms with E-state index in [9.17, 15) is 0 Å². The normalized spacial score (nSPS) is 14.1. The molecular weight excluding hydrogens is 230 g/mol. The summed E-state index contributed by atoms with van der Waals surface area (Å²) in [7, 11) is 0. The highest BCUT2D eigenvalue weighted by atomic mass is 14.9. The molecule has 0 heterocycles. The van der Waals surface area contributed by atoms with Crippen LogP contribution in [0, 0.1) is 0 Å². The SMILES string of the molecule is CCC(C)NC(C)c1ccc(-c2ccccc2)cc1. The van der Waals surface area contributed by atoms with Crippen molar-refractivity contribution in [2.75, 3.05) is 0 Å². The summed E-state index contributed by atoms with van der Waals surface area (Å²) < 4.78 is 0. The number of rotatable bonds is 5. The van der Waals surface area contributed by atoms with Gasteiger partial charge in [-0.05, 0) is 37.0 Å². The van der Waals surface area contributed by atoms with Crippen molar-refractivity contribution >= 4 is 0 Å². The molecule has 1 nitrogen and oxygen atoms in total. The lowest BCUT2D eigenvalue weighted by Gasteiger charge is -2.19. The van der Waals surface area contributed by atoms with Crippen LogP contribution in [0.2, 0.25) is 0 Å². The standard InChI is InChI=1S/C18H23N/c1-4-14(2)19-15(3)16-10-12-18(13-11-16)17-8-6-5-7-9-17/h5-15,19H,4H2,1-3H3. The van der Waals surface area contributed by atoms with Crippen LogP contribution in [0.1, 0.15) is 38.8 Å². The molecule has 0 aliphatic carbocycles. The molecule has 2 rings (SSSR count). The Labute approximate surface area is 116 Å². The van der Waals surface area contributed by atoms with Crippen molar-refractivity contribution in [1.82, 2.24) is 5.32 Å². The molecule has 0 fully saturated rings. The van der Waals surface area contributed by atoms with Crippen LogP contribution < -0.4 is 5.32 Å². The first-order valence-corrected chi connectivity index (χ1v) is 7.12. The molecule has 19 heavy (non-hydrogen) atoms. The van der Waals surface area contributed by atoms with Gasteiger partial charge >= 0.3 is 0 Å². The highest BCUT2D eigenvalue weighted by molar-refractivity contribution is 5.63. The van der Waals surface area contributed by atoms with Gasteiger partial charge in [-0.1, -0.05) is 61.5 Å². The fourth-order valence-electron chi connectivity index (χ4n) is 2.24. The summed E-state index contributed by atoms with van der Waals surface area (Å²) in [6.45, 7) is 6.67. The number of nitrogens with one attached hydrogen (secondary N) is 1. The Balaban J connectivity index is 2.10. The van der Waals surface area contributed by atoms with E-state index < -0.39 is 0 Å². The summed E-state index contributed by atoms with van der Waals surface area (Å²) in [5.41, 5.74) is 3.90. The monoisotopic (exact) mass is 253 g/mol. The zero-order chi connectivity index (χ0) is 13.7. The minimum absolute atomic E-state index is 0.403. The third-order valence-corrected chi connectivity index (χ3v) is 3.66. The maximum Gasteiger partial charge on any atom is 0.0294 e. The van der Waals surface area contributed by atoms with Crippen LogP contribution in [-0.2, 0) is 0 Å². The Kier molecular flexibility index (Phi) is 4.75. The third-order valence-electron chi connectivity index (χ3n) is 3.66. The number of hydrogen-bond donors (Lipinski definition) is 1. The summed E-state index contributed by atoms with van der Waals surface area (Å²) in [5, 5.41) is 3.61. The van der Waals surface area contributed by atoms with E-state index in [1.807, 2.05) is 0 Å². The quantitative estimate of drug-likeness (QED) is 0.807. The molecule has 0 aromatic heterocycles. The van der Waals surface area contributed by atoms with Crippen LogP contribution in [0.5, 0.6) is 0 Å². The lowest BCUT2D eigenvalue weighted by molar-refractivity contribution is 0.469. The van der Waals surface area contributed by atoms with Gasteiger partial charge in [-0.15, -0.1) is 0 Å². The van der Waals surface area contributed by atoms with Gasteiger partial charge in [-0.3, -0.25) is 0 Å². The van der Waals surface area contributed by atoms with Crippen molar-refractivity contribution in [1.29, 1.82) is 0 Å². The second kappa shape index (κ2) is 6.53. The zero-order valence-corrected chi connectivity index (χ0v) is 12.1. The third kappa shape index (κ3) is 3.68. The van der Waals surface area contributed by atoms with Crippen molar-refractivity contribution in [2.45, 2.75) is 39.3 Å². The fourth-order valence-corrected chi connectivity index (χ4v) is 2.24. The summed E-state index contributed by atoms with van der Waals surface area (Å²) >= 11 is 0. The fraction of sp³-hybridized carbons (Fsp3) is 0.333. The minimum Gasteiger partial charge on any atom is -0.308 e. The van der Waals surface area contributed by atoms with Gasteiger partial charge in [-0.2, -0.15) is 0 Å². The largest absolute Gasteiger partial charge is 0.308 e. The van der Waals surface area contributed by atoms with E-state index >= 15 is 0 Å². The Bertz CT molecular complexity index is 487. The molecule has 2 aromatic carbocycles. The van der Waals surface area contributed by atoms with Gasteiger partial charge in [0.25, 0.3) is 0 Å². The zero-order valence-electron chi connectivity index (χ0n) is 12.1. The molecule has 1 heteroatoms. The van der Waals surface area contributed by atoms with E-state index in [1.54, 1.807) is 0 Å². The molecule has 0 saturated carbocycles. The van der Waals surface area contributed by atoms with Crippen molar-refractivity contribution in [2.24, 2.45) is 0 Å². The van der Waals surface area contributed by atoms with Gasteiger partial charge in [0, 0.05) is 12.1 Å². The molecule has 0 amide bonds. The number of hydrogen-bond acceptors (Lipinski definition) is 1. The molecule has 0 spiro atoms. The van der Waals surface area contributed by atoms with E-state index in [-0.39, 0.29) is 0 Å². The van der Waals surface area contributed by atoms with E-state index in [0.717, 1.165) is 6.42 Å². The van der Waals surface area contributed by atoms with E-state index in [4.69, 9.17) is 0 Å². The topological polar surface area (TPSA) is 12.0 Å². The molecule has 0 aliphatic rings. The first-order valence-electron chi connectivity index (χ1n) is 7.12. The predicted molar refractivity (Wildman–Crippen MR) is 83.2 cm³/mol. The summed E-state index contributed by atoms with van der Waals surface area (Å²) in [6.07, 6.45) is 1.16. The Morgan fingerprint density at radius 2 is 1.42 bits per heavy atom. The van der Waals surface area contributed by atoms with Crippen LogP contribution in [0.25, 0.3) is 11.1 Å².